The van der Waals surface area contributed by atoms with E-state index in [1.165, 1.54) is 12.1 Å². The van der Waals surface area contributed by atoms with E-state index in [4.69, 9.17) is 10.3 Å². The van der Waals surface area contributed by atoms with Gasteiger partial charge in [-0.25, -0.2) is 4.39 Å². The van der Waals surface area contributed by atoms with Crippen LogP contribution in [0.25, 0.3) is 21.3 Å². The minimum atomic E-state index is -0.391. The maximum Gasteiger partial charge on any atom is 0.195 e. The molecule has 1 heterocycles. The monoisotopic (exact) mass is 366 g/mol. The zero-order valence-electron chi connectivity index (χ0n) is 15.1. The number of methoxy groups -OCH3 is 1. The smallest absolute Gasteiger partial charge is 0.195 e. The first-order valence-corrected chi connectivity index (χ1v) is 8.54. The predicted octanol–water partition coefficient (Wildman–Crippen LogP) is 5.03. The van der Waals surface area contributed by atoms with Gasteiger partial charge in [0.2, 0.25) is 0 Å². The molecule has 0 aliphatic rings. The van der Waals surface area contributed by atoms with Gasteiger partial charge in [-0.1, -0.05) is 5.11 Å². The zero-order valence-corrected chi connectivity index (χ0v) is 15.1. The Morgan fingerprint density at radius 2 is 2.00 bits per heavy atom. The first-order valence-electron chi connectivity index (χ1n) is 8.54. The fourth-order valence-electron chi connectivity index (χ4n) is 3.26. The van der Waals surface area contributed by atoms with E-state index in [9.17, 15) is 9.18 Å². The number of hydrogen-bond acceptors (Lipinski definition) is 3. The lowest BCUT2D eigenvalue weighted by atomic mass is 10.0. The highest BCUT2D eigenvalue weighted by molar-refractivity contribution is 6.17. The van der Waals surface area contributed by atoms with Gasteiger partial charge in [0.15, 0.2) is 5.78 Å². The molecule has 0 amide bonds. The number of azide groups is 1. The number of rotatable bonds is 7. The van der Waals surface area contributed by atoms with Crippen LogP contribution in [-0.2, 0) is 6.54 Å². The van der Waals surface area contributed by atoms with Gasteiger partial charge >= 0.3 is 0 Å². The molecule has 0 N–H and O–H groups in total. The van der Waals surface area contributed by atoms with Crippen LogP contribution in [0.1, 0.15) is 28.0 Å². The van der Waals surface area contributed by atoms with Crippen LogP contribution < -0.4 is 4.74 Å². The number of hydrogen-bond donors (Lipinski definition) is 0. The van der Waals surface area contributed by atoms with Crippen molar-refractivity contribution in [2.45, 2.75) is 19.9 Å². The van der Waals surface area contributed by atoms with Gasteiger partial charge < -0.3 is 9.30 Å². The highest BCUT2D eigenvalue weighted by Gasteiger charge is 2.21. The molecule has 1 aromatic heterocycles. The zero-order chi connectivity index (χ0) is 19.4. The van der Waals surface area contributed by atoms with Crippen molar-refractivity contribution in [3.8, 4) is 5.75 Å². The van der Waals surface area contributed by atoms with Crippen LogP contribution in [0.3, 0.4) is 0 Å². The molecule has 2 aromatic carbocycles. The molecule has 0 bridgehead atoms. The third kappa shape index (κ3) is 3.64. The maximum atomic E-state index is 13.9. The molecular weight excluding hydrogens is 347 g/mol. The van der Waals surface area contributed by atoms with Gasteiger partial charge in [-0.15, -0.1) is 0 Å². The van der Waals surface area contributed by atoms with Crippen molar-refractivity contribution < 1.29 is 13.9 Å². The Labute approximate surface area is 155 Å². The quantitative estimate of drug-likeness (QED) is 0.193. The number of ketones is 1. The summed E-state index contributed by atoms with van der Waals surface area (Å²) in [5, 5.41) is 4.13. The third-order valence-corrected chi connectivity index (χ3v) is 4.57. The van der Waals surface area contributed by atoms with E-state index in [2.05, 4.69) is 10.0 Å². The molecule has 3 aromatic rings. The van der Waals surface area contributed by atoms with E-state index in [-0.39, 0.29) is 5.78 Å². The SMILES string of the molecule is COc1ccc(C(=O)c2c(C)n(CCCN=[N+]=[N-])c3ccc(F)cc23)cc1. The molecule has 3 rings (SSSR count). The van der Waals surface area contributed by atoms with E-state index in [0.29, 0.717) is 41.8 Å². The number of aromatic nitrogens is 1. The highest BCUT2D eigenvalue weighted by atomic mass is 19.1. The number of nitrogens with zero attached hydrogens (tertiary/aromatic N) is 4. The van der Waals surface area contributed by atoms with Crippen molar-refractivity contribution in [1.29, 1.82) is 0 Å². The fourth-order valence-corrected chi connectivity index (χ4v) is 3.26. The average molecular weight is 366 g/mol. The second-order valence-corrected chi connectivity index (χ2v) is 6.14. The van der Waals surface area contributed by atoms with Crippen LogP contribution in [0.5, 0.6) is 5.75 Å². The van der Waals surface area contributed by atoms with Crippen molar-refractivity contribution in [3.63, 3.8) is 0 Å². The first-order chi connectivity index (χ1) is 13.1. The van der Waals surface area contributed by atoms with Gasteiger partial charge in [0, 0.05) is 40.2 Å². The minimum absolute atomic E-state index is 0.167. The number of carbonyl (C=O) groups is 1. The first kappa shape index (κ1) is 18.5. The van der Waals surface area contributed by atoms with Crippen molar-refractivity contribution in [1.82, 2.24) is 4.57 Å². The van der Waals surface area contributed by atoms with E-state index in [1.807, 2.05) is 11.5 Å². The summed E-state index contributed by atoms with van der Waals surface area (Å²) in [6.45, 7) is 2.78. The Morgan fingerprint density at radius 1 is 1.26 bits per heavy atom. The van der Waals surface area contributed by atoms with Gasteiger partial charge in [0.1, 0.15) is 11.6 Å². The molecule has 0 saturated heterocycles. The lowest BCUT2D eigenvalue weighted by molar-refractivity contribution is 0.103. The van der Waals surface area contributed by atoms with Gasteiger partial charge in [-0.2, -0.15) is 0 Å². The molecule has 0 atom stereocenters. The van der Waals surface area contributed by atoms with Crippen LogP contribution in [0, 0.1) is 12.7 Å². The standard InChI is InChI=1S/C20H19FN4O2/c1-13-19(20(26)14-4-7-16(27-2)8-5-14)17-12-15(21)6-9-18(17)25(13)11-3-10-23-24-22/h4-9,12H,3,10-11H2,1-2H3. The number of ether oxygens (including phenoxy) is 1. The Kier molecular flexibility index (Phi) is 5.43. The lowest BCUT2D eigenvalue weighted by Crippen LogP contribution is -2.06. The number of halogens is 1. The van der Waals surface area contributed by atoms with E-state index >= 15 is 0 Å². The molecule has 0 aliphatic heterocycles. The van der Waals surface area contributed by atoms with Crippen molar-refractivity contribution in [2.75, 3.05) is 13.7 Å². The van der Waals surface area contributed by atoms with Crippen LogP contribution >= 0.6 is 0 Å². The van der Waals surface area contributed by atoms with Crippen molar-refractivity contribution in [2.24, 2.45) is 5.11 Å². The van der Waals surface area contributed by atoms with Crippen LogP contribution in [0.15, 0.2) is 47.6 Å². The summed E-state index contributed by atoms with van der Waals surface area (Å²) in [6.07, 6.45) is 0.627. The van der Waals surface area contributed by atoms with Gasteiger partial charge in [-0.05, 0) is 61.3 Å². The third-order valence-electron chi connectivity index (χ3n) is 4.57. The molecule has 0 spiro atoms. The molecular formula is C20H19FN4O2. The average Bonchev–Trinajstić information content (AvgIpc) is 2.95. The van der Waals surface area contributed by atoms with Gasteiger partial charge in [0.25, 0.3) is 0 Å². The molecule has 7 heteroatoms. The molecule has 0 fully saturated rings. The van der Waals surface area contributed by atoms with Gasteiger partial charge in [-0.3, -0.25) is 4.79 Å². The molecule has 27 heavy (non-hydrogen) atoms. The van der Waals surface area contributed by atoms with Crippen LogP contribution in [0.4, 0.5) is 4.39 Å². The second-order valence-electron chi connectivity index (χ2n) is 6.14. The summed E-state index contributed by atoms with van der Waals surface area (Å²) in [5.74, 6) is 0.104. The number of carbonyl (C=O) groups excluding carboxylic acids is 1. The predicted molar refractivity (Wildman–Crippen MR) is 102 cm³/mol. The number of benzene rings is 2. The fraction of sp³-hybridized carbons (Fsp3) is 0.250. The molecule has 0 unspecified atom stereocenters. The molecule has 0 saturated carbocycles. The number of fused-ring (bicyclic) bond motifs is 1. The van der Waals surface area contributed by atoms with E-state index in [0.717, 1.165) is 11.2 Å². The van der Waals surface area contributed by atoms with Crippen LogP contribution in [-0.4, -0.2) is 24.0 Å². The number of aryl methyl sites for hydroxylation is 1. The van der Waals surface area contributed by atoms with Crippen molar-refractivity contribution >= 4 is 16.7 Å². The Hall–Kier alpha value is -3.31. The molecule has 138 valence electrons. The summed E-state index contributed by atoms with van der Waals surface area (Å²) >= 11 is 0. The summed E-state index contributed by atoms with van der Waals surface area (Å²) in [5.41, 5.74) is 11.0. The lowest BCUT2D eigenvalue weighted by Gasteiger charge is -2.08. The summed E-state index contributed by atoms with van der Waals surface area (Å²) < 4.78 is 21.0. The minimum Gasteiger partial charge on any atom is -0.497 e. The molecule has 0 radical (unpaired) electrons. The Balaban J connectivity index is 2.07. The Morgan fingerprint density at radius 3 is 2.67 bits per heavy atom. The van der Waals surface area contributed by atoms with Crippen LogP contribution in [0.2, 0.25) is 0 Å². The normalized spacial score (nSPS) is 10.6. The van der Waals surface area contributed by atoms with Crippen molar-refractivity contribution in [3.05, 3.63) is 75.5 Å². The largest absolute Gasteiger partial charge is 0.497 e. The maximum absolute atomic E-state index is 13.9. The van der Waals surface area contributed by atoms with E-state index in [1.54, 1.807) is 37.4 Å². The summed E-state index contributed by atoms with van der Waals surface area (Å²) in [7, 11) is 1.56. The topological polar surface area (TPSA) is 80.0 Å². The van der Waals surface area contributed by atoms with E-state index < -0.39 is 5.82 Å². The molecule has 6 nitrogen and oxygen atoms in total. The Bertz CT molecular complexity index is 1030. The highest BCUT2D eigenvalue weighted by Crippen LogP contribution is 2.29. The summed E-state index contributed by atoms with van der Waals surface area (Å²) in [6, 6.07) is 11.3. The second kappa shape index (κ2) is 7.93. The van der Waals surface area contributed by atoms with Gasteiger partial charge in [0.05, 0.1) is 12.7 Å². The summed E-state index contributed by atoms with van der Waals surface area (Å²) in [4.78, 5) is 15.9. The molecule has 0 aliphatic carbocycles.